The van der Waals surface area contributed by atoms with Crippen molar-refractivity contribution in [2.45, 2.75) is 58.9 Å². The van der Waals surface area contributed by atoms with Crippen LogP contribution in [-0.4, -0.2) is 11.8 Å². The topological polar surface area (TPSA) is 12.4 Å². The zero-order chi connectivity index (χ0) is 9.97. The van der Waals surface area contributed by atoms with Crippen molar-refractivity contribution in [3.8, 4) is 0 Å². The van der Waals surface area contributed by atoms with E-state index in [0.717, 1.165) is 12.0 Å². The molecule has 3 rings (SSSR count). The van der Waals surface area contributed by atoms with Gasteiger partial charge >= 0.3 is 0 Å². The second-order valence-electron chi connectivity index (χ2n) is 6.30. The average Bonchev–Trinajstić information content (AvgIpc) is 2.85. The predicted molar refractivity (Wildman–Crippen MR) is 59.7 cm³/mol. The minimum Gasteiger partial charge on any atom is -0.290 e. The predicted octanol–water partition coefficient (Wildman–Crippen LogP) is 3.44. The number of rotatable bonds is 1. The lowest BCUT2D eigenvalue weighted by Gasteiger charge is -2.34. The van der Waals surface area contributed by atoms with Crippen molar-refractivity contribution in [2.75, 3.05) is 0 Å². The van der Waals surface area contributed by atoms with Crippen LogP contribution < -0.4 is 0 Å². The summed E-state index contributed by atoms with van der Waals surface area (Å²) in [7, 11) is 0. The first-order chi connectivity index (χ1) is 6.54. The lowest BCUT2D eigenvalue weighted by molar-refractivity contribution is 0.194. The molecule has 0 amide bonds. The van der Waals surface area contributed by atoms with E-state index >= 15 is 0 Å². The Balaban J connectivity index is 1.98. The molecular weight excluding hydrogens is 170 g/mol. The standard InChI is InChI=1S/C13H21N/c1-12(2)9-6-7-13(12,3)11(8-9)14-10-4-5-10/h9-10H,4-8H2,1-3H3/t9-,13+/m1/s1. The zero-order valence-electron chi connectivity index (χ0n) is 9.64. The molecule has 0 heterocycles. The van der Waals surface area contributed by atoms with Gasteiger partial charge in [0.15, 0.2) is 0 Å². The molecule has 78 valence electrons. The Bertz CT molecular complexity index is 298. The number of hydrogen-bond acceptors (Lipinski definition) is 1. The first kappa shape index (κ1) is 8.94. The lowest BCUT2D eigenvalue weighted by atomic mass is 9.70. The highest BCUT2D eigenvalue weighted by atomic mass is 14.9. The number of fused-ring (bicyclic) bond motifs is 2. The maximum Gasteiger partial charge on any atom is 0.0500 e. The summed E-state index contributed by atoms with van der Waals surface area (Å²) in [6, 6.07) is 0.719. The Labute approximate surface area is 87.0 Å². The van der Waals surface area contributed by atoms with Crippen molar-refractivity contribution in [1.82, 2.24) is 0 Å². The van der Waals surface area contributed by atoms with E-state index in [0.29, 0.717) is 10.8 Å². The first-order valence-corrected chi connectivity index (χ1v) is 6.11. The second-order valence-corrected chi connectivity index (χ2v) is 6.30. The highest BCUT2D eigenvalue weighted by molar-refractivity contribution is 5.94. The Hall–Kier alpha value is -0.330. The van der Waals surface area contributed by atoms with Crippen LogP contribution in [0.4, 0.5) is 0 Å². The van der Waals surface area contributed by atoms with Crippen LogP contribution >= 0.6 is 0 Å². The molecule has 3 saturated carbocycles. The maximum absolute atomic E-state index is 4.95. The number of aliphatic imine (C=N–C) groups is 1. The van der Waals surface area contributed by atoms with Crippen LogP contribution in [0.2, 0.25) is 0 Å². The minimum absolute atomic E-state index is 0.445. The molecule has 2 atom stereocenters. The summed E-state index contributed by atoms with van der Waals surface area (Å²) in [6.45, 7) is 7.38. The molecule has 0 unspecified atom stereocenters. The number of nitrogens with zero attached hydrogens (tertiary/aromatic N) is 1. The molecule has 3 aliphatic rings. The summed E-state index contributed by atoms with van der Waals surface area (Å²) in [4.78, 5) is 4.95. The third-order valence-corrected chi connectivity index (χ3v) is 5.40. The monoisotopic (exact) mass is 191 g/mol. The van der Waals surface area contributed by atoms with Gasteiger partial charge in [-0.05, 0) is 43.4 Å². The fraction of sp³-hybridized carbons (Fsp3) is 0.923. The molecule has 3 fully saturated rings. The van der Waals surface area contributed by atoms with Crippen LogP contribution in [0.3, 0.4) is 0 Å². The largest absolute Gasteiger partial charge is 0.290 e. The Morgan fingerprint density at radius 1 is 1.14 bits per heavy atom. The highest BCUT2D eigenvalue weighted by Crippen LogP contribution is 2.64. The van der Waals surface area contributed by atoms with Gasteiger partial charge in [0.2, 0.25) is 0 Å². The van der Waals surface area contributed by atoms with E-state index < -0.39 is 0 Å². The third kappa shape index (κ3) is 0.936. The van der Waals surface area contributed by atoms with Gasteiger partial charge in [-0.2, -0.15) is 0 Å². The fourth-order valence-corrected chi connectivity index (χ4v) is 3.55. The summed E-state index contributed by atoms with van der Waals surface area (Å²) >= 11 is 0. The number of hydrogen-bond donors (Lipinski definition) is 0. The molecule has 3 aliphatic carbocycles. The van der Waals surface area contributed by atoms with Crippen molar-refractivity contribution in [1.29, 1.82) is 0 Å². The van der Waals surface area contributed by atoms with Gasteiger partial charge in [-0.15, -0.1) is 0 Å². The molecule has 0 aliphatic heterocycles. The molecule has 1 heteroatoms. The normalized spacial score (nSPS) is 47.6. The van der Waals surface area contributed by atoms with Gasteiger partial charge in [-0.1, -0.05) is 20.8 Å². The van der Waals surface area contributed by atoms with Crippen molar-refractivity contribution < 1.29 is 0 Å². The molecule has 0 aromatic rings. The van der Waals surface area contributed by atoms with Crippen LogP contribution in [0.1, 0.15) is 52.9 Å². The van der Waals surface area contributed by atoms with Crippen molar-refractivity contribution >= 4 is 5.71 Å². The quantitative estimate of drug-likeness (QED) is 0.602. The van der Waals surface area contributed by atoms with E-state index in [1.807, 2.05) is 0 Å². The highest BCUT2D eigenvalue weighted by Gasteiger charge is 2.59. The van der Waals surface area contributed by atoms with Crippen LogP contribution in [0.5, 0.6) is 0 Å². The Morgan fingerprint density at radius 2 is 1.86 bits per heavy atom. The van der Waals surface area contributed by atoms with Crippen molar-refractivity contribution in [3.05, 3.63) is 0 Å². The van der Waals surface area contributed by atoms with E-state index in [2.05, 4.69) is 20.8 Å². The first-order valence-electron chi connectivity index (χ1n) is 6.11. The molecule has 0 aromatic carbocycles. The van der Waals surface area contributed by atoms with E-state index in [1.54, 1.807) is 5.71 Å². The summed E-state index contributed by atoms with van der Waals surface area (Å²) in [6.07, 6.45) is 6.83. The smallest absolute Gasteiger partial charge is 0.0500 e. The van der Waals surface area contributed by atoms with E-state index in [4.69, 9.17) is 4.99 Å². The summed E-state index contributed by atoms with van der Waals surface area (Å²) in [5.41, 5.74) is 2.53. The zero-order valence-corrected chi connectivity index (χ0v) is 9.64. The molecule has 0 radical (unpaired) electrons. The van der Waals surface area contributed by atoms with E-state index in [1.165, 1.54) is 32.1 Å². The van der Waals surface area contributed by atoms with Crippen LogP contribution in [0.25, 0.3) is 0 Å². The molecule has 0 N–H and O–H groups in total. The van der Waals surface area contributed by atoms with Crippen LogP contribution in [0.15, 0.2) is 4.99 Å². The minimum atomic E-state index is 0.445. The van der Waals surface area contributed by atoms with E-state index in [9.17, 15) is 0 Å². The second kappa shape index (κ2) is 2.43. The van der Waals surface area contributed by atoms with Gasteiger partial charge in [0.1, 0.15) is 0 Å². The van der Waals surface area contributed by atoms with E-state index in [-0.39, 0.29) is 0 Å². The van der Waals surface area contributed by atoms with Gasteiger partial charge < -0.3 is 0 Å². The van der Waals surface area contributed by atoms with Crippen LogP contribution in [0, 0.1) is 16.7 Å². The molecule has 0 spiro atoms. The van der Waals surface area contributed by atoms with Crippen molar-refractivity contribution in [3.63, 3.8) is 0 Å². The average molecular weight is 191 g/mol. The Morgan fingerprint density at radius 3 is 2.29 bits per heavy atom. The summed E-state index contributed by atoms with van der Waals surface area (Å²) in [5, 5.41) is 0. The molecule has 1 nitrogen and oxygen atoms in total. The molecule has 2 bridgehead atoms. The lowest BCUT2D eigenvalue weighted by Crippen LogP contribution is -2.32. The summed E-state index contributed by atoms with van der Waals surface area (Å²) in [5.74, 6) is 0.921. The maximum atomic E-state index is 4.95. The molecule has 0 aromatic heterocycles. The third-order valence-electron chi connectivity index (χ3n) is 5.40. The Kier molecular flexibility index (Phi) is 1.55. The van der Waals surface area contributed by atoms with Crippen LogP contribution in [-0.2, 0) is 0 Å². The molecule has 14 heavy (non-hydrogen) atoms. The SMILES string of the molecule is CC1(C)[C@@H]2CC[C@@]1(C)C(=NC1CC1)C2. The van der Waals surface area contributed by atoms with Gasteiger partial charge in [0.05, 0.1) is 6.04 Å². The van der Waals surface area contributed by atoms with Gasteiger partial charge in [0.25, 0.3) is 0 Å². The van der Waals surface area contributed by atoms with Crippen molar-refractivity contribution in [2.24, 2.45) is 21.7 Å². The summed E-state index contributed by atoms with van der Waals surface area (Å²) < 4.78 is 0. The van der Waals surface area contributed by atoms with Gasteiger partial charge in [-0.25, -0.2) is 0 Å². The molecular formula is C13H21N. The van der Waals surface area contributed by atoms with Gasteiger partial charge in [-0.3, -0.25) is 4.99 Å². The molecule has 0 saturated heterocycles. The van der Waals surface area contributed by atoms with Gasteiger partial charge in [0, 0.05) is 11.1 Å². The fourth-order valence-electron chi connectivity index (χ4n) is 3.55.